The molecule has 4 N–H and O–H groups in total. The van der Waals surface area contributed by atoms with Gasteiger partial charge in [-0.2, -0.15) is 13.2 Å². The first kappa shape index (κ1) is 12.7. The number of nitrogen functional groups attached to an aromatic ring is 1. The number of aromatic nitrogens is 2. The minimum atomic E-state index is -4.76. The number of hydrogen-bond donors (Lipinski definition) is 3. The molecule has 0 bridgehead atoms. The highest BCUT2D eigenvalue weighted by Crippen LogP contribution is 2.40. The lowest BCUT2D eigenvalue weighted by Crippen LogP contribution is -2.30. The van der Waals surface area contributed by atoms with E-state index in [1.54, 1.807) is 0 Å². The molecule has 0 unspecified atom stereocenters. The molecule has 0 saturated carbocycles. The first-order valence-electron chi connectivity index (χ1n) is 4.53. The van der Waals surface area contributed by atoms with Crippen molar-refractivity contribution in [2.24, 2.45) is 0 Å². The van der Waals surface area contributed by atoms with Gasteiger partial charge in [0.05, 0.1) is 16.7 Å². The average Bonchev–Trinajstić information content (AvgIpc) is 2.21. The summed E-state index contributed by atoms with van der Waals surface area (Å²) >= 11 is 2.86. The van der Waals surface area contributed by atoms with E-state index in [4.69, 9.17) is 5.73 Å². The second-order valence-corrected chi connectivity index (χ2v) is 4.33. The fourth-order valence-electron chi connectivity index (χ4n) is 1.54. The zero-order valence-electron chi connectivity index (χ0n) is 8.48. The van der Waals surface area contributed by atoms with E-state index >= 15 is 0 Å². The van der Waals surface area contributed by atoms with Crippen molar-refractivity contribution in [3.63, 3.8) is 0 Å². The van der Waals surface area contributed by atoms with Crippen molar-refractivity contribution in [3.8, 4) is 0 Å². The summed E-state index contributed by atoms with van der Waals surface area (Å²) in [6.07, 6.45) is -4.76. The molecule has 1 aromatic heterocycles. The van der Waals surface area contributed by atoms with Gasteiger partial charge in [0.1, 0.15) is 5.56 Å². The van der Waals surface area contributed by atoms with E-state index in [-0.39, 0.29) is 9.99 Å². The van der Waals surface area contributed by atoms with Gasteiger partial charge < -0.3 is 15.7 Å². The van der Waals surface area contributed by atoms with Crippen LogP contribution in [-0.4, -0.2) is 9.97 Å². The number of nitrogens with one attached hydrogen (secondary N) is 2. The van der Waals surface area contributed by atoms with Crippen molar-refractivity contribution in [1.29, 1.82) is 0 Å². The van der Waals surface area contributed by atoms with Crippen LogP contribution in [0.25, 0.3) is 11.0 Å². The van der Waals surface area contributed by atoms with Crippen LogP contribution in [0, 0.1) is 0 Å². The Balaban J connectivity index is 3.07. The minimum Gasteiger partial charge on any atom is -0.397 e. The van der Waals surface area contributed by atoms with E-state index in [0.717, 1.165) is 0 Å². The number of H-pyrrole nitrogens is 2. The second-order valence-electron chi connectivity index (χ2n) is 3.48. The fourth-order valence-corrected chi connectivity index (χ4v) is 1.96. The monoisotopic (exact) mass is 323 g/mol. The molecule has 9 heteroatoms. The van der Waals surface area contributed by atoms with Gasteiger partial charge in [-0.1, -0.05) is 0 Å². The van der Waals surface area contributed by atoms with Gasteiger partial charge in [0.25, 0.3) is 0 Å². The molecule has 0 fully saturated rings. The predicted octanol–water partition coefficient (Wildman–Crippen LogP) is 1.58. The lowest BCUT2D eigenvalue weighted by atomic mass is 10.1. The maximum absolute atomic E-state index is 12.9. The first-order valence-corrected chi connectivity index (χ1v) is 5.32. The summed E-state index contributed by atoms with van der Waals surface area (Å²) in [6, 6.07) is 1.19. The van der Waals surface area contributed by atoms with Crippen molar-refractivity contribution >= 4 is 32.7 Å². The van der Waals surface area contributed by atoms with E-state index in [2.05, 4.69) is 20.9 Å². The molecule has 0 aliphatic carbocycles. The number of hydrogen-bond acceptors (Lipinski definition) is 3. The average molecular weight is 324 g/mol. The predicted molar refractivity (Wildman–Crippen MR) is 62.3 cm³/mol. The zero-order chi connectivity index (χ0) is 13.7. The summed E-state index contributed by atoms with van der Waals surface area (Å²) in [5.74, 6) is 0. The highest BCUT2D eigenvalue weighted by atomic mass is 79.9. The number of rotatable bonds is 0. The maximum Gasteiger partial charge on any atom is 0.420 e. The first-order chi connectivity index (χ1) is 8.21. The molecule has 0 aliphatic heterocycles. The number of aromatic amines is 2. The second kappa shape index (κ2) is 3.87. The van der Waals surface area contributed by atoms with Crippen LogP contribution in [0.3, 0.4) is 0 Å². The molecule has 2 rings (SSSR count). The Morgan fingerprint density at radius 2 is 1.72 bits per heavy atom. The SMILES string of the molecule is Nc1c(Br)cc2[nH]c(=O)c(=O)[nH]c2c1C(F)(F)F. The number of anilines is 1. The van der Waals surface area contributed by atoms with Crippen molar-refractivity contribution in [3.05, 3.63) is 36.8 Å². The summed E-state index contributed by atoms with van der Waals surface area (Å²) < 4.78 is 38.6. The van der Waals surface area contributed by atoms with Gasteiger partial charge in [0.2, 0.25) is 0 Å². The molecule has 0 aliphatic rings. The largest absolute Gasteiger partial charge is 0.420 e. The molecule has 1 heterocycles. The normalized spacial score (nSPS) is 12.0. The van der Waals surface area contributed by atoms with E-state index in [1.807, 2.05) is 4.98 Å². The third kappa shape index (κ3) is 1.90. The van der Waals surface area contributed by atoms with E-state index in [0.29, 0.717) is 0 Å². The summed E-state index contributed by atoms with van der Waals surface area (Å²) in [5, 5.41) is 0. The Morgan fingerprint density at radius 3 is 2.28 bits per heavy atom. The topological polar surface area (TPSA) is 91.7 Å². The van der Waals surface area contributed by atoms with Crippen LogP contribution in [0.4, 0.5) is 18.9 Å². The number of alkyl halides is 3. The van der Waals surface area contributed by atoms with E-state index in [1.165, 1.54) is 6.07 Å². The molecule has 0 spiro atoms. The van der Waals surface area contributed by atoms with Crippen molar-refractivity contribution in [2.45, 2.75) is 6.18 Å². The lowest BCUT2D eigenvalue weighted by molar-refractivity contribution is -0.135. The van der Waals surface area contributed by atoms with Crippen LogP contribution < -0.4 is 16.9 Å². The molecule has 96 valence electrons. The van der Waals surface area contributed by atoms with Crippen molar-refractivity contribution < 1.29 is 13.2 Å². The smallest absolute Gasteiger partial charge is 0.397 e. The molecule has 0 amide bonds. The van der Waals surface area contributed by atoms with Crippen molar-refractivity contribution in [2.75, 3.05) is 5.73 Å². The standard InChI is InChI=1S/C9H5BrF3N3O2/c10-2-1-3-6(16-8(18)7(17)15-3)4(5(2)14)9(11,12)13/h1H,14H2,(H,15,17)(H,16,18). The number of nitrogens with two attached hydrogens (primary N) is 1. The lowest BCUT2D eigenvalue weighted by Gasteiger charge is -2.13. The molecule has 1 aromatic carbocycles. The Labute approximate surface area is 105 Å². The van der Waals surface area contributed by atoms with Crippen LogP contribution in [0.1, 0.15) is 5.56 Å². The Bertz CT molecular complexity index is 748. The molecule has 5 nitrogen and oxygen atoms in total. The summed E-state index contributed by atoms with van der Waals surface area (Å²) in [7, 11) is 0. The summed E-state index contributed by atoms with van der Waals surface area (Å²) in [5.41, 5.74) is 0.676. The Kier molecular flexibility index (Phi) is 2.73. The molecule has 0 atom stereocenters. The van der Waals surface area contributed by atoms with Crippen molar-refractivity contribution in [1.82, 2.24) is 9.97 Å². The minimum absolute atomic E-state index is 0.0231. The Hall–Kier alpha value is -1.77. The molecule has 0 saturated heterocycles. The van der Waals surface area contributed by atoms with Gasteiger partial charge in [-0.15, -0.1) is 0 Å². The third-order valence-corrected chi connectivity index (χ3v) is 2.95. The van der Waals surface area contributed by atoms with Crippen LogP contribution in [0.2, 0.25) is 0 Å². The zero-order valence-corrected chi connectivity index (χ0v) is 10.1. The van der Waals surface area contributed by atoms with Gasteiger partial charge in [0, 0.05) is 4.47 Å². The summed E-state index contributed by atoms with van der Waals surface area (Å²) in [4.78, 5) is 26.1. The van der Waals surface area contributed by atoms with E-state index < -0.39 is 34.1 Å². The quantitative estimate of drug-likeness (QED) is 0.507. The number of halogens is 4. The van der Waals surface area contributed by atoms with Gasteiger partial charge in [-0.3, -0.25) is 9.59 Å². The number of fused-ring (bicyclic) bond motifs is 1. The van der Waals surface area contributed by atoms with Crippen LogP contribution in [0.15, 0.2) is 20.1 Å². The molecular formula is C9H5BrF3N3O2. The van der Waals surface area contributed by atoms with Gasteiger partial charge >= 0.3 is 17.3 Å². The summed E-state index contributed by atoms with van der Waals surface area (Å²) in [6.45, 7) is 0. The van der Waals surface area contributed by atoms with Crippen LogP contribution in [0.5, 0.6) is 0 Å². The van der Waals surface area contributed by atoms with Gasteiger partial charge in [-0.25, -0.2) is 0 Å². The maximum atomic E-state index is 12.9. The van der Waals surface area contributed by atoms with Crippen LogP contribution in [-0.2, 0) is 6.18 Å². The third-order valence-electron chi connectivity index (χ3n) is 2.29. The molecule has 0 radical (unpaired) electrons. The fraction of sp³-hybridized carbons (Fsp3) is 0.111. The van der Waals surface area contributed by atoms with Gasteiger partial charge in [0.15, 0.2) is 0 Å². The highest BCUT2D eigenvalue weighted by Gasteiger charge is 2.36. The molecule has 2 aromatic rings. The van der Waals surface area contributed by atoms with Gasteiger partial charge in [-0.05, 0) is 22.0 Å². The Morgan fingerprint density at radius 1 is 1.17 bits per heavy atom. The number of benzene rings is 1. The molecular weight excluding hydrogens is 319 g/mol. The van der Waals surface area contributed by atoms with E-state index in [9.17, 15) is 22.8 Å². The highest BCUT2D eigenvalue weighted by molar-refractivity contribution is 9.10. The van der Waals surface area contributed by atoms with Crippen LogP contribution >= 0.6 is 15.9 Å². The molecule has 18 heavy (non-hydrogen) atoms.